The molecule has 0 unspecified atom stereocenters. The Kier molecular flexibility index (Phi) is 2.72. The molecule has 1 rings (SSSR count). The number of rotatable bonds is 1. The molecule has 0 N–H and O–H groups in total. The van der Waals surface area contributed by atoms with Crippen LogP contribution in [0.4, 0.5) is 0 Å². The Morgan fingerprint density at radius 2 is 2.09 bits per heavy atom. The van der Waals surface area contributed by atoms with E-state index < -0.39 is 0 Å². The summed E-state index contributed by atoms with van der Waals surface area (Å²) in [5, 5.41) is 0.832. The highest BCUT2D eigenvalue weighted by molar-refractivity contribution is 6.31. The first-order valence-electron chi connectivity index (χ1n) is 3.63. The van der Waals surface area contributed by atoms with Crippen molar-refractivity contribution in [2.75, 3.05) is 0 Å². The average molecular weight is 167 g/mol. The molecule has 0 atom stereocenters. The molecule has 0 amide bonds. The fourth-order valence-corrected chi connectivity index (χ4v) is 1.08. The van der Waals surface area contributed by atoms with Crippen LogP contribution in [0.3, 0.4) is 0 Å². The minimum absolute atomic E-state index is 0.832. The van der Waals surface area contributed by atoms with Crippen LogP contribution in [-0.2, 0) is 0 Å². The van der Waals surface area contributed by atoms with E-state index in [0.29, 0.717) is 0 Å². The molecule has 0 saturated carbocycles. The molecule has 0 saturated heterocycles. The molecule has 0 aliphatic carbocycles. The zero-order chi connectivity index (χ0) is 8.27. The number of halogens is 1. The predicted octanol–water partition coefficient (Wildman–Crippen LogP) is 3.68. The highest BCUT2D eigenvalue weighted by atomic mass is 35.5. The van der Waals surface area contributed by atoms with E-state index >= 15 is 0 Å². The van der Waals surface area contributed by atoms with Gasteiger partial charge in [-0.2, -0.15) is 0 Å². The maximum Gasteiger partial charge on any atom is 0.0435 e. The summed E-state index contributed by atoms with van der Waals surface area (Å²) in [6.45, 7) is 4.01. The van der Waals surface area contributed by atoms with Crippen molar-refractivity contribution in [2.24, 2.45) is 0 Å². The van der Waals surface area contributed by atoms with Crippen LogP contribution in [0.15, 0.2) is 24.3 Å². The summed E-state index contributed by atoms with van der Waals surface area (Å²) in [5.41, 5.74) is 2.33. The van der Waals surface area contributed by atoms with Crippen molar-refractivity contribution < 1.29 is 0 Å². The Bertz CT molecular complexity index is 274. The number of benzene rings is 1. The van der Waals surface area contributed by atoms with Gasteiger partial charge >= 0.3 is 0 Å². The molecule has 0 spiro atoms. The molecule has 58 valence electrons. The summed E-state index contributed by atoms with van der Waals surface area (Å²) >= 11 is 5.86. The van der Waals surface area contributed by atoms with E-state index in [1.807, 2.05) is 32.1 Å². The van der Waals surface area contributed by atoms with Gasteiger partial charge in [-0.3, -0.25) is 0 Å². The average Bonchev–Trinajstić information content (AvgIpc) is 1.98. The second-order valence-corrected chi connectivity index (χ2v) is 2.92. The maximum atomic E-state index is 5.86. The number of hydrogen-bond acceptors (Lipinski definition) is 0. The van der Waals surface area contributed by atoms with E-state index in [9.17, 15) is 0 Å². The lowest BCUT2D eigenvalue weighted by Gasteiger charge is -1.97. The van der Waals surface area contributed by atoms with Crippen molar-refractivity contribution in [1.82, 2.24) is 0 Å². The number of allylic oxidation sites excluding steroid dienone is 1. The van der Waals surface area contributed by atoms with Gasteiger partial charge in [-0.1, -0.05) is 35.9 Å². The molecule has 0 heterocycles. The largest absolute Gasteiger partial charge is 0.0871 e. The van der Waals surface area contributed by atoms with Crippen LogP contribution in [0.1, 0.15) is 18.1 Å². The molecule has 0 radical (unpaired) electrons. The summed E-state index contributed by atoms with van der Waals surface area (Å²) in [7, 11) is 0. The highest BCUT2D eigenvalue weighted by Crippen LogP contribution is 2.16. The Morgan fingerprint density at radius 1 is 1.36 bits per heavy atom. The number of aryl methyl sites for hydroxylation is 1. The molecule has 0 fully saturated rings. The molecular weight excluding hydrogens is 156 g/mol. The normalized spacial score (nSPS) is 10.8. The number of hydrogen-bond donors (Lipinski definition) is 0. The Hall–Kier alpha value is -0.750. The minimum Gasteiger partial charge on any atom is -0.0871 e. The van der Waals surface area contributed by atoms with Crippen LogP contribution in [0.2, 0.25) is 5.02 Å². The second kappa shape index (κ2) is 3.59. The van der Waals surface area contributed by atoms with Gasteiger partial charge in [0.05, 0.1) is 0 Å². The maximum absolute atomic E-state index is 5.86. The van der Waals surface area contributed by atoms with E-state index in [4.69, 9.17) is 11.6 Å². The lowest BCUT2D eigenvalue weighted by molar-refractivity contribution is 1.46. The van der Waals surface area contributed by atoms with Gasteiger partial charge in [0.1, 0.15) is 0 Å². The quantitative estimate of drug-likeness (QED) is 0.597. The fraction of sp³-hybridized carbons (Fsp3) is 0.200. The van der Waals surface area contributed by atoms with Gasteiger partial charge in [0, 0.05) is 5.02 Å². The van der Waals surface area contributed by atoms with Crippen LogP contribution in [-0.4, -0.2) is 0 Å². The third-order valence-corrected chi connectivity index (χ3v) is 1.97. The molecular formula is C10H11Cl. The second-order valence-electron chi connectivity index (χ2n) is 2.51. The first kappa shape index (κ1) is 8.35. The molecule has 0 bridgehead atoms. The SMILES string of the molecule is C/C=C/c1ccc(Cl)c(C)c1. The topological polar surface area (TPSA) is 0 Å². The minimum atomic E-state index is 0.832. The molecule has 1 heteroatoms. The zero-order valence-corrected chi connectivity index (χ0v) is 7.52. The third-order valence-electron chi connectivity index (χ3n) is 1.54. The lowest BCUT2D eigenvalue weighted by Crippen LogP contribution is -1.76. The van der Waals surface area contributed by atoms with Crippen molar-refractivity contribution in [3.63, 3.8) is 0 Å². The van der Waals surface area contributed by atoms with Gasteiger partial charge in [-0.15, -0.1) is 0 Å². The monoisotopic (exact) mass is 166 g/mol. The van der Waals surface area contributed by atoms with Gasteiger partial charge in [0.2, 0.25) is 0 Å². The van der Waals surface area contributed by atoms with Crippen LogP contribution < -0.4 is 0 Å². The van der Waals surface area contributed by atoms with Crippen molar-refractivity contribution in [1.29, 1.82) is 0 Å². The highest BCUT2D eigenvalue weighted by Gasteiger charge is 1.93. The molecule has 0 nitrogen and oxygen atoms in total. The third kappa shape index (κ3) is 2.09. The summed E-state index contributed by atoms with van der Waals surface area (Å²) in [6, 6.07) is 6.00. The van der Waals surface area contributed by atoms with Crippen molar-refractivity contribution >= 4 is 17.7 Å². The summed E-state index contributed by atoms with van der Waals surface area (Å²) < 4.78 is 0. The predicted molar refractivity (Wildman–Crippen MR) is 50.9 cm³/mol. The van der Waals surface area contributed by atoms with Gasteiger partial charge in [0.15, 0.2) is 0 Å². The smallest absolute Gasteiger partial charge is 0.0435 e. The Balaban J connectivity index is 3.05. The molecule has 1 aromatic carbocycles. The van der Waals surface area contributed by atoms with Gasteiger partial charge in [-0.05, 0) is 31.0 Å². The molecule has 11 heavy (non-hydrogen) atoms. The van der Waals surface area contributed by atoms with Gasteiger partial charge in [0.25, 0.3) is 0 Å². The van der Waals surface area contributed by atoms with E-state index in [1.54, 1.807) is 0 Å². The van der Waals surface area contributed by atoms with Crippen molar-refractivity contribution in [3.05, 3.63) is 40.4 Å². The van der Waals surface area contributed by atoms with Crippen LogP contribution in [0, 0.1) is 6.92 Å². The molecule has 1 aromatic rings. The Labute approximate surface area is 72.5 Å². The molecule has 0 aliphatic heterocycles. The summed E-state index contributed by atoms with van der Waals surface area (Å²) in [4.78, 5) is 0. The van der Waals surface area contributed by atoms with Gasteiger partial charge in [-0.25, -0.2) is 0 Å². The standard InChI is InChI=1S/C10H11Cl/c1-3-4-9-5-6-10(11)8(2)7-9/h3-7H,1-2H3/b4-3+. The zero-order valence-electron chi connectivity index (χ0n) is 6.76. The van der Waals surface area contributed by atoms with Gasteiger partial charge < -0.3 is 0 Å². The summed E-state index contributed by atoms with van der Waals surface area (Å²) in [5.74, 6) is 0. The van der Waals surface area contributed by atoms with Crippen LogP contribution in [0.25, 0.3) is 6.08 Å². The summed E-state index contributed by atoms with van der Waals surface area (Å²) in [6.07, 6.45) is 4.08. The van der Waals surface area contributed by atoms with E-state index in [1.165, 1.54) is 5.56 Å². The van der Waals surface area contributed by atoms with Crippen LogP contribution in [0.5, 0.6) is 0 Å². The first-order valence-corrected chi connectivity index (χ1v) is 4.00. The van der Waals surface area contributed by atoms with Crippen molar-refractivity contribution in [3.8, 4) is 0 Å². The van der Waals surface area contributed by atoms with E-state index in [-0.39, 0.29) is 0 Å². The lowest BCUT2D eigenvalue weighted by atomic mass is 10.1. The first-order chi connectivity index (χ1) is 5.24. The molecule has 0 aromatic heterocycles. The Morgan fingerprint density at radius 3 is 2.64 bits per heavy atom. The molecule has 0 aliphatic rings. The fourth-order valence-electron chi connectivity index (χ4n) is 0.964. The van der Waals surface area contributed by atoms with E-state index in [0.717, 1.165) is 10.6 Å². The van der Waals surface area contributed by atoms with E-state index in [2.05, 4.69) is 12.1 Å². The van der Waals surface area contributed by atoms with Crippen molar-refractivity contribution in [2.45, 2.75) is 13.8 Å². The van der Waals surface area contributed by atoms with Crippen LogP contribution >= 0.6 is 11.6 Å².